The summed E-state index contributed by atoms with van der Waals surface area (Å²) in [5.41, 5.74) is 0. The standard InChI is InChI=1S/C26H48N2O5/c1-4-7-9-10-11-12-13-14-15-16-17-18-20-23(29)26(32)28-22(19-8-5-2)25(31)27-21-24(30)33-6-3/h22H,4-21H2,1-3H3,(H,27,31)(H,28,32). The molecule has 0 saturated heterocycles. The number of rotatable bonds is 22. The number of carbonyl (C=O) groups excluding carboxylic acids is 4. The predicted molar refractivity (Wildman–Crippen MR) is 132 cm³/mol. The van der Waals surface area contributed by atoms with Crippen molar-refractivity contribution in [1.82, 2.24) is 10.6 Å². The van der Waals surface area contributed by atoms with Gasteiger partial charge in [-0.1, -0.05) is 97.3 Å². The summed E-state index contributed by atoms with van der Waals surface area (Å²) in [4.78, 5) is 48.2. The molecule has 0 spiro atoms. The molecule has 0 heterocycles. The third kappa shape index (κ3) is 18.2. The molecule has 2 N–H and O–H groups in total. The zero-order valence-electron chi connectivity index (χ0n) is 21.3. The number of unbranched alkanes of at least 4 members (excludes halogenated alkanes) is 12. The molecule has 0 aromatic heterocycles. The van der Waals surface area contributed by atoms with E-state index in [1.807, 2.05) is 6.92 Å². The molecule has 0 saturated carbocycles. The highest BCUT2D eigenvalue weighted by Crippen LogP contribution is 2.12. The molecule has 0 aromatic rings. The topological polar surface area (TPSA) is 102 Å². The van der Waals surface area contributed by atoms with Crippen molar-refractivity contribution in [2.45, 2.75) is 130 Å². The Morgan fingerprint density at radius 1 is 0.697 bits per heavy atom. The Bertz CT molecular complexity index is 551. The van der Waals surface area contributed by atoms with Crippen LogP contribution in [0, 0.1) is 0 Å². The van der Waals surface area contributed by atoms with Crippen molar-refractivity contribution in [3.8, 4) is 0 Å². The minimum absolute atomic E-state index is 0.203. The first-order valence-electron chi connectivity index (χ1n) is 13.2. The molecule has 192 valence electrons. The zero-order valence-corrected chi connectivity index (χ0v) is 21.3. The van der Waals surface area contributed by atoms with Gasteiger partial charge in [-0.3, -0.25) is 19.2 Å². The number of nitrogens with one attached hydrogen (secondary N) is 2. The summed E-state index contributed by atoms with van der Waals surface area (Å²) in [5, 5.41) is 5.02. The van der Waals surface area contributed by atoms with Crippen LogP contribution in [0.1, 0.15) is 124 Å². The molecule has 0 rings (SSSR count). The van der Waals surface area contributed by atoms with Crippen LogP contribution in [0.4, 0.5) is 0 Å². The normalized spacial score (nSPS) is 11.6. The number of ether oxygens (including phenoxy) is 1. The Labute approximate surface area is 201 Å². The lowest BCUT2D eigenvalue weighted by Gasteiger charge is -2.17. The minimum atomic E-state index is -0.821. The molecule has 2 amide bonds. The number of amides is 2. The molecule has 0 radical (unpaired) electrons. The van der Waals surface area contributed by atoms with Gasteiger partial charge in [0, 0.05) is 6.42 Å². The van der Waals surface area contributed by atoms with Crippen molar-refractivity contribution in [3.05, 3.63) is 0 Å². The lowest BCUT2D eigenvalue weighted by atomic mass is 10.0. The third-order valence-electron chi connectivity index (χ3n) is 5.69. The molecule has 0 aliphatic rings. The molecule has 0 aliphatic heterocycles. The highest BCUT2D eigenvalue weighted by molar-refractivity contribution is 6.36. The van der Waals surface area contributed by atoms with Crippen LogP contribution in [-0.4, -0.2) is 42.8 Å². The molecule has 0 aromatic carbocycles. The van der Waals surface area contributed by atoms with Gasteiger partial charge in [-0.15, -0.1) is 0 Å². The summed E-state index contributed by atoms with van der Waals surface area (Å²) in [7, 11) is 0. The van der Waals surface area contributed by atoms with Crippen molar-refractivity contribution in [2.75, 3.05) is 13.2 Å². The molecule has 7 heteroatoms. The van der Waals surface area contributed by atoms with E-state index in [4.69, 9.17) is 4.74 Å². The van der Waals surface area contributed by atoms with E-state index in [1.54, 1.807) is 6.92 Å². The molecule has 0 fully saturated rings. The number of carbonyl (C=O) groups is 4. The van der Waals surface area contributed by atoms with Gasteiger partial charge < -0.3 is 15.4 Å². The summed E-state index contributed by atoms with van der Waals surface area (Å²) in [6.45, 7) is 5.88. The average molecular weight is 469 g/mol. The smallest absolute Gasteiger partial charge is 0.325 e. The van der Waals surface area contributed by atoms with E-state index in [-0.39, 0.29) is 19.6 Å². The second-order valence-corrected chi connectivity index (χ2v) is 8.75. The Balaban J connectivity index is 4.05. The van der Waals surface area contributed by atoms with Gasteiger partial charge >= 0.3 is 5.97 Å². The maximum Gasteiger partial charge on any atom is 0.325 e. The summed E-state index contributed by atoms with van der Waals surface area (Å²) < 4.78 is 4.79. The maximum atomic E-state index is 12.3. The Morgan fingerprint density at radius 2 is 1.21 bits per heavy atom. The molecule has 1 atom stereocenters. The minimum Gasteiger partial charge on any atom is -0.465 e. The van der Waals surface area contributed by atoms with Gasteiger partial charge in [0.05, 0.1) is 6.61 Å². The predicted octanol–water partition coefficient (Wildman–Crippen LogP) is 5.00. The van der Waals surface area contributed by atoms with E-state index >= 15 is 0 Å². The van der Waals surface area contributed by atoms with Gasteiger partial charge in [-0.25, -0.2) is 0 Å². The molecular formula is C26H48N2O5. The SMILES string of the molecule is CCCCCCCCCCCCCCC(=O)C(=O)NC(CCCC)C(=O)NCC(=O)OCC. The van der Waals surface area contributed by atoms with E-state index < -0.39 is 29.6 Å². The van der Waals surface area contributed by atoms with Gasteiger partial charge in [0.1, 0.15) is 12.6 Å². The van der Waals surface area contributed by atoms with E-state index in [0.29, 0.717) is 12.8 Å². The van der Waals surface area contributed by atoms with Crippen molar-refractivity contribution < 1.29 is 23.9 Å². The van der Waals surface area contributed by atoms with E-state index in [2.05, 4.69) is 17.6 Å². The maximum absolute atomic E-state index is 12.3. The highest BCUT2D eigenvalue weighted by Gasteiger charge is 2.24. The summed E-state index contributed by atoms with van der Waals surface area (Å²) in [6, 6.07) is -0.821. The molecular weight excluding hydrogens is 420 g/mol. The Kier molecular flexibility index (Phi) is 20.6. The molecule has 7 nitrogen and oxygen atoms in total. The molecule has 33 heavy (non-hydrogen) atoms. The first kappa shape index (κ1) is 31.1. The van der Waals surface area contributed by atoms with E-state index in [9.17, 15) is 19.2 Å². The van der Waals surface area contributed by atoms with Crippen LogP contribution in [0.25, 0.3) is 0 Å². The number of esters is 1. The fourth-order valence-electron chi connectivity index (χ4n) is 3.65. The van der Waals surface area contributed by atoms with Crippen LogP contribution < -0.4 is 10.6 Å². The first-order chi connectivity index (χ1) is 16.0. The molecule has 0 bridgehead atoms. The fourth-order valence-corrected chi connectivity index (χ4v) is 3.65. The summed E-state index contributed by atoms with van der Waals surface area (Å²) >= 11 is 0. The van der Waals surface area contributed by atoms with Crippen molar-refractivity contribution in [1.29, 1.82) is 0 Å². The number of Topliss-reactive ketones (excluding diaryl/α,β-unsaturated/α-hetero) is 1. The lowest BCUT2D eigenvalue weighted by molar-refractivity contribution is -0.144. The van der Waals surface area contributed by atoms with Crippen LogP contribution >= 0.6 is 0 Å². The van der Waals surface area contributed by atoms with Crippen molar-refractivity contribution >= 4 is 23.6 Å². The van der Waals surface area contributed by atoms with Gasteiger partial charge in [-0.05, 0) is 19.8 Å². The fraction of sp³-hybridized carbons (Fsp3) is 0.846. The van der Waals surface area contributed by atoms with Crippen LogP contribution in [0.5, 0.6) is 0 Å². The van der Waals surface area contributed by atoms with Gasteiger partial charge in [0.25, 0.3) is 5.91 Å². The monoisotopic (exact) mass is 468 g/mol. The van der Waals surface area contributed by atoms with E-state index in [1.165, 1.54) is 57.8 Å². The highest BCUT2D eigenvalue weighted by atomic mass is 16.5. The second-order valence-electron chi connectivity index (χ2n) is 8.75. The van der Waals surface area contributed by atoms with Gasteiger partial charge in [0.15, 0.2) is 0 Å². The largest absolute Gasteiger partial charge is 0.465 e. The van der Waals surface area contributed by atoms with Crippen LogP contribution in [0.3, 0.4) is 0 Å². The third-order valence-corrected chi connectivity index (χ3v) is 5.69. The van der Waals surface area contributed by atoms with Crippen molar-refractivity contribution in [2.24, 2.45) is 0 Å². The number of ketones is 1. The number of hydrogen-bond donors (Lipinski definition) is 2. The Morgan fingerprint density at radius 3 is 1.73 bits per heavy atom. The van der Waals surface area contributed by atoms with Crippen LogP contribution in [0.15, 0.2) is 0 Å². The van der Waals surface area contributed by atoms with Crippen LogP contribution in [0.2, 0.25) is 0 Å². The lowest BCUT2D eigenvalue weighted by Crippen LogP contribution is -2.49. The summed E-state index contributed by atoms with van der Waals surface area (Å²) in [5.74, 6) is -2.20. The second kappa shape index (κ2) is 21.9. The first-order valence-corrected chi connectivity index (χ1v) is 13.2. The van der Waals surface area contributed by atoms with Gasteiger partial charge in [-0.2, -0.15) is 0 Å². The van der Waals surface area contributed by atoms with Crippen molar-refractivity contribution in [3.63, 3.8) is 0 Å². The Hall–Kier alpha value is -1.92. The molecule has 1 unspecified atom stereocenters. The quantitative estimate of drug-likeness (QED) is 0.132. The zero-order chi connectivity index (χ0) is 24.7. The molecule has 0 aliphatic carbocycles. The van der Waals surface area contributed by atoms with Crippen LogP contribution in [-0.2, 0) is 23.9 Å². The number of hydrogen-bond acceptors (Lipinski definition) is 5. The van der Waals surface area contributed by atoms with E-state index in [0.717, 1.165) is 25.7 Å². The average Bonchev–Trinajstić information content (AvgIpc) is 2.80. The summed E-state index contributed by atoms with van der Waals surface area (Å²) in [6.07, 6.45) is 16.6. The van der Waals surface area contributed by atoms with Gasteiger partial charge in [0.2, 0.25) is 11.7 Å².